The highest BCUT2D eigenvalue weighted by Gasteiger charge is 2.47. The lowest BCUT2D eigenvalue weighted by Crippen LogP contribution is -2.57. The number of esters is 1. The molecule has 1 heterocycles. The third-order valence-corrected chi connectivity index (χ3v) is 6.12. The molecule has 0 bridgehead atoms. The summed E-state index contributed by atoms with van der Waals surface area (Å²) in [6, 6.07) is 18.0. The van der Waals surface area contributed by atoms with Crippen LogP contribution in [0.3, 0.4) is 0 Å². The number of ether oxygens (including phenoxy) is 3. The molecule has 0 radical (unpaired) electrons. The van der Waals surface area contributed by atoms with Crippen LogP contribution >= 0.6 is 0 Å². The van der Waals surface area contributed by atoms with Crippen LogP contribution in [0.15, 0.2) is 60.7 Å². The summed E-state index contributed by atoms with van der Waals surface area (Å²) in [5.74, 6) is -2.41. The molecule has 38 heavy (non-hydrogen) atoms. The van der Waals surface area contributed by atoms with Crippen molar-refractivity contribution in [2.75, 3.05) is 6.61 Å². The van der Waals surface area contributed by atoms with E-state index in [0.717, 1.165) is 16.0 Å². The zero-order valence-electron chi connectivity index (χ0n) is 22.6. The fourth-order valence-corrected chi connectivity index (χ4v) is 4.20. The minimum atomic E-state index is -1.27. The van der Waals surface area contributed by atoms with Crippen LogP contribution < -0.4 is 5.32 Å². The number of benzene rings is 2. The van der Waals surface area contributed by atoms with Crippen LogP contribution in [0.2, 0.25) is 0 Å². The topological polar surface area (TPSA) is 111 Å². The van der Waals surface area contributed by atoms with Gasteiger partial charge in [0.1, 0.15) is 18.8 Å². The summed E-state index contributed by atoms with van der Waals surface area (Å²) in [5.41, 5.74) is -0.321. The average Bonchev–Trinajstić information content (AvgIpc) is 3.20. The van der Waals surface area contributed by atoms with Crippen molar-refractivity contribution < 1.29 is 33.4 Å². The van der Waals surface area contributed by atoms with E-state index < -0.39 is 47.2 Å². The standard InChI is InChI=1S/C29H36N2O7/c1-28(2,3)38-26(34)30-29(4,5)23(17-24(32)36-18-21-14-10-7-11-15-21)25(33)31-22(19-37-27(31)35)16-20-12-8-6-9-13-20/h6-15,22-23H,16-19H2,1-5H3,(H,30,34)/t22-,23+/m1/s1. The molecule has 1 aliphatic rings. The molecule has 9 nitrogen and oxygen atoms in total. The van der Waals surface area contributed by atoms with E-state index in [1.165, 1.54) is 0 Å². The maximum absolute atomic E-state index is 13.9. The predicted octanol–water partition coefficient (Wildman–Crippen LogP) is 4.63. The lowest BCUT2D eigenvalue weighted by atomic mass is 9.83. The number of carbonyl (C=O) groups excluding carboxylic acids is 4. The van der Waals surface area contributed by atoms with Gasteiger partial charge < -0.3 is 19.5 Å². The van der Waals surface area contributed by atoms with Crippen LogP contribution in [-0.4, -0.2) is 52.8 Å². The van der Waals surface area contributed by atoms with Gasteiger partial charge in [-0.1, -0.05) is 60.7 Å². The van der Waals surface area contributed by atoms with Gasteiger partial charge in [-0.15, -0.1) is 0 Å². The second kappa shape index (κ2) is 12.1. The van der Waals surface area contributed by atoms with Crippen molar-refractivity contribution in [2.45, 2.75) is 71.2 Å². The van der Waals surface area contributed by atoms with Crippen LogP contribution in [0.1, 0.15) is 52.2 Å². The Balaban J connectivity index is 1.82. The van der Waals surface area contributed by atoms with Crippen molar-refractivity contribution in [1.82, 2.24) is 10.2 Å². The second-order valence-corrected chi connectivity index (χ2v) is 10.9. The van der Waals surface area contributed by atoms with Gasteiger partial charge in [-0.2, -0.15) is 0 Å². The van der Waals surface area contributed by atoms with Gasteiger partial charge in [0.25, 0.3) is 0 Å². The predicted molar refractivity (Wildman–Crippen MR) is 140 cm³/mol. The van der Waals surface area contributed by atoms with Gasteiger partial charge in [-0.3, -0.25) is 9.59 Å². The number of nitrogens with one attached hydrogen (secondary N) is 1. The largest absolute Gasteiger partial charge is 0.461 e. The number of rotatable bonds is 9. The number of hydrogen-bond donors (Lipinski definition) is 1. The number of nitrogens with zero attached hydrogens (tertiary/aromatic N) is 1. The van der Waals surface area contributed by atoms with Gasteiger partial charge in [-0.05, 0) is 52.2 Å². The van der Waals surface area contributed by atoms with E-state index in [4.69, 9.17) is 14.2 Å². The van der Waals surface area contributed by atoms with E-state index in [-0.39, 0.29) is 19.6 Å². The molecule has 1 N–H and O–H groups in total. The average molecular weight is 525 g/mol. The van der Waals surface area contributed by atoms with Gasteiger partial charge in [0.15, 0.2) is 0 Å². The molecule has 0 spiro atoms. The number of imide groups is 1. The van der Waals surface area contributed by atoms with E-state index in [2.05, 4.69) is 5.32 Å². The van der Waals surface area contributed by atoms with Crippen molar-refractivity contribution in [3.63, 3.8) is 0 Å². The lowest BCUT2D eigenvalue weighted by molar-refractivity contribution is -0.151. The summed E-state index contributed by atoms with van der Waals surface area (Å²) in [4.78, 5) is 53.2. The number of cyclic esters (lactones) is 1. The molecule has 3 rings (SSSR count). The van der Waals surface area contributed by atoms with E-state index in [0.29, 0.717) is 6.42 Å². The summed E-state index contributed by atoms with van der Waals surface area (Å²) in [7, 11) is 0. The Morgan fingerprint density at radius 2 is 1.55 bits per heavy atom. The molecule has 1 aliphatic heterocycles. The fraction of sp³-hybridized carbons (Fsp3) is 0.448. The monoisotopic (exact) mass is 524 g/mol. The van der Waals surface area contributed by atoms with Gasteiger partial charge in [0, 0.05) is 5.54 Å². The molecular formula is C29H36N2O7. The Morgan fingerprint density at radius 3 is 2.13 bits per heavy atom. The van der Waals surface area contributed by atoms with Crippen molar-refractivity contribution in [2.24, 2.45) is 5.92 Å². The summed E-state index contributed by atoms with van der Waals surface area (Å²) in [5, 5.41) is 2.71. The third-order valence-electron chi connectivity index (χ3n) is 6.12. The number of carbonyl (C=O) groups is 4. The highest BCUT2D eigenvalue weighted by molar-refractivity contribution is 5.97. The smallest absolute Gasteiger partial charge is 0.416 e. The Hall–Kier alpha value is -3.88. The maximum Gasteiger partial charge on any atom is 0.416 e. The SMILES string of the molecule is CC(C)(C)OC(=O)NC(C)(C)[C@@H](CC(=O)OCc1ccccc1)C(=O)N1C(=O)OC[C@H]1Cc1ccccc1. The third kappa shape index (κ3) is 8.06. The first-order chi connectivity index (χ1) is 17.9. The summed E-state index contributed by atoms with van der Waals surface area (Å²) >= 11 is 0. The zero-order valence-corrected chi connectivity index (χ0v) is 22.6. The van der Waals surface area contributed by atoms with E-state index in [1.807, 2.05) is 60.7 Å². The van der Waals surface area contributed by atoms with Gasteiger partial charge in [-0.25, -0.2) is 14.5 Å². The van der Waals surface area contributed by atoms with Crippen LogP contribution in [0.25, 0.3) is 0 Å². The molecule has 2 aromatic carbocycles. The molecule has 3 amide bonds. The maximum atomic E-state index is 13.9. The van der Waals surface area contributed by atoms with Crippen LogP contribution in [0, 0.1) is 5.92 Å². The minimum absolute atomic E-state index is 0.0306. The molecule has 0 aliphatic carbocycles. The molecule has 1 fully saturated rings. The summed E-state index contributed by atoms with van der Waals surface area (Å²) < 4.78 is 16.0. The number of alkyl carbamates (subject to hydrolysis) is 1. The summed E-state index contributed by atoms with van der Waals surface area (Å²) in [6.07, 6.45) is -1.51. The molecule has 9 heteroatoms. The molecule has 0 aromatic heterocycles. The Kier molecular flexibility index (Phi) is 9.14. The van der Waals surface area contributed by atoms with E-state index >= 15 is 0 Å². The lowest BCUT2D eigenvalue weighted by Gasteiger charge is -2.36. The molecule has 204 valence electrons. The summed E-state index contributed by atoms with van der Waals surface area (Å²) in [6.45, 7) is 8.44. The molecule has 0 unspecified atom stereocenters. The number of hydrogen-bond acceptors (Lipinski definition) is 7. The van der Waals surface area contributed by atoms with Crippen molar-refractivity contribution in [1.29, 1.82) is 0 Å². The minimum Gasteiger partial charge on any atom is -0.461 e. The Morgan fingerprint density at radius 1 is 0.974 bits per heavy atom. The molecule has 2 atom stereocenters. The molecule has 1 saturated heterocycles. The fourth-order valence-electron chi connectivity index (χ4n) is 4.20. The first-order valence-corrected chi connectivity index (χ1v) is 12.6. The number of amides is 3. The van der Waals surface area contributed by atoms with Crippen molar-refractivity contribution in [3.8, 4) is 0 Å². The molecule has 2 aromatic rings. The first kappa shape index (κ1) is 28.7. The highest BCUT2D eigenvalue weighted by Crippen LogP contribution is 2.29. The molecule has 0 saturated carbocycles. The van der Waals surface area contributed by atoms with E-state index in [9.17, 15) is 19.2 Å². The second-order valence-electron chi connectivity index (χ2n) is 10.9. The Bertz CT molecular complexity index is 1130. The van der Waals surface area contributed by atoms with Crippen LogP contribution in [0.5, 0.6) is 0 Å². The van der Waals surface area contributed by atoms with Gasteiger partial charge in [0.2, 0.25) is 5.91 Å². The highest BCUT2D eigenvalue weighted by atomic mass is 16.6. The normalized spacial score (nSPS) is 16.4. The Labute approximate surface area is 223 Å². The van der Waals surface area contributed by atoms with Crippen molar-refractivity contribution in [3.05, 3.63) is 71.8 Å². The van der Waals surface area contributed by atoms with Crippen LogP contribution in [-0.2, 0) is 36.8 Å². The van der Waals surface area contributed by atoms with E-state index in [1.54, 1.807) is 34.6 Å². The quantitative estimate of drug-likeness (QED) is 0.376. The zero-order chi connectivity index (χ0) is 27.9. The van der Waals surface area contributed by atoms with Gasteiger partial charge in [0.05, 0.1) is 18.4 Å². The molecular weight excluding hydrogens is 488 g/mol. The van der Waals surface area contributed by atoms with Gasteiger partial charge >= 0.3 is 18.2 Å². The van der Waals surface area contributed by atoms with Crippen LogP contribution in [0.4, 0.5) is 9.59 Å². The first-order valence-electron chi connectivity index (χ1n) is 12.6. The van der Waals surface area contributed by atoms with Crippen molar-refractivity contribution >= 4 is 24.1 Å².